The van der Waals surface area contributed by atoms with Crippen LogP contribution >= 0.6 is 11.8 Å². The van der Waals surface area contributed by atoms with Gasteiger partial charge in [-0.3, -0.25) is 0 Å². The number of nitrogens with one attached hydrogen (secondary N) is 1. The van der Waals surface area contributed by atoms with Crippen LogP contribution in [0.25, 0.3) is 0 Å². The molecule has 1 aromatic rings. The van der Waals surface area contributed by atoms with Crippen molar-refractivity contribution >= 4 is 23.5 Å². The summed E-state index contributed by atoms with van der Waals surface area (Å²) in [5.74, 6) is 1.93. The Hall–Kier alpha value is -1.41. The van der Waals surface area contributed by atoms with Gasteiger partial charge in [0.1, 0.15) is 0 Å². The first-order valence-electron chi connectivity index (χ1n) is 8.98. The zero-order chi connectivity index (χ0) is 18.6. The number of urea groups is 1. The molecule has 0 radical (unpaired) electrons. The number of likely N-dealkylation sites (tertiary alicyclic amines) is 1. The number of amides is 2. The molecule has 2 amide bonds. The fourth-order valence-corrected chi connectivity index (χ4v) is 4.51. The summed E-state index contributed by atoms with van der Waals surface area (Å²) in [7, 11) is 0. The molecule has 0 spiro atoms. The van der Waals surface area contributed by atoms with Crippen molar-refractivity contribution in [2.75, 3.05) is 43.0 Å². The molecule has 2 aliphatic rings. The Morgan fingerprint density at radius 3 is 2.46 bits per heavy atom. The van der Waals surface area contributed by atoms with Crippen molar-refractivity contribution in [2.45, 2.75) is 31.5 Å². The van der Waals surface area contributed by atoms with Gasteiger partial charge in [0.2, 0.25) is 0 Å². The van der Waals surface area contributed by atoms with Crippen molar-refractivity contribution in [2.24, 2.45) is 0 Å². The SMILES string of the molecule is O=C(Nc1ccc(C(F)(F)F)cc1)N1CCCSCC1CN1CCCC1. The van der Waals surface area contributed by atoms with Crippen molar-refractivity contribution in [1.29, 1.82) is 0 Å². The van der Waals surface area contributed by atoms with E-state index in [2.05, 4.69) is 10.2 Å². The van der Waals surface area contributed by atoms with Crippen LogP contribution in [0.1, 0.15) is 24.8 Å². The number of carbonyl (C=O) groups is 1. The molecular formula is C18H24F3N3OS. The lowest BCUT2D eigenvalue weighted by atomic mass is 10.2. The maximum Gasteiger partial charge on any atom is 0.416 e. The van der Waals surface area contributed by atoms with Gasteiger partial charge in [-0.15, -0.1) is 0 Å². The van der Waals surface area contributed by atoms with Crippen LogP contribution in [0.15, 0.2) is 24.3 Å². The molecule has 144 valence electrons. The fraction of sp³-hybridized carbons (Fsp3) is 0.611. The average Bonchev–Trinajstić information content (AvgIpc) is 2.99. The van der Waals surface area contributed by atoms with E-state index in [1.54, 1.807) is 0 Å². The molecule has 2 fully saturated rings. The minimum absolute atomic E-state index is 0.134. The first-order chi connectivity index (χ1) is 12.4. The number of rotatable bonds is 3. The Kier molecular flexibility index (Phi) is 6.34. The van der Waals surface area contributed by atoms with Gasteiger partial charge in [-0.25, -0.2) is 4.79 Å². The second kappa shape index (κ2) is 8.52. The molecule has 0 aliphatic carbocycles. The standard InChI is InChI=1S/C18H24F3N3OS/c19-18(20,21)14-4-6-15(7-5-14)22-17(25)24-10-3-11-26-13-16(24)12-23-8-1-2-9-23/h4-7,16H,1-3,8-13H2,(H,22,25). The highest BCUT2D eigenvalue weighted by Crippen LogP contribution is 2.30. The minimum atomic E-state index is -4.37. The molecule has 0 bridgehead atoms. The van der Waals surface area contributed by atoms with Crippen LogP contribution in [-0.4, -0.2) is 59.6 Å². The third kappa shape index (κ3) is 5.07. The molecule has 0 aromatic heterocycles. The number of halogens is 3. The van der Waals surface area contributed by atoms with Crippen LogP contribution in [0.4, 0.5) is 23.7 Å². The van der Waals surface area contributed by atoms with E-state index in [0.717, 1.165) is 49.7 Å². The van der Waals surface area contributed by atoms with E-state index in [1.807, 2.05) is 16.7 Å². The van der Waals surface area contributed by atoms with E-state index in [-0.39, 0.29) is 12.1 Å². The first kappa shape index (κ1) is 19.4. The highest BCUT2D eigenvalue weighted by molar-refractivity contribution is 7.99. The van der Waals surface area contributed by atoms with Gasteiger partial charge in [0, 0.05) is 24.5 Å². The molecule has 1 N–H and O–H groups in total. The number of hydrogen-bond acceptors (Lipinski definition) is 3. The number of anilines is 1. The Morgan fingerprint density at radius 1 is 1.12 bits per heavy atom. The number of alkyl halides is 3. The summed E-state index contributed by atoms with van der Waals surface area (Å²) in [4.78, 5) is 17.0. The molecule has 1 atom stereocenters. The van der Waals surface area contributed by atoms with Crippen LogP contribution in [-0.2, 0) is 6.18 Å². The second-order valence-corrected chi connectivity index (χ2v) is 7.94. The smallest absolute Gasteiger partial charge is 0.319 e. The lowest BCUT2D eigenvalue weighted by molar-refractivity contribution is -0.137. The third-order valence-electron chi connectivity index (χ3n) is 4.83. The summed E-state index contributed by atoms with van der Waals surface area (Å²) >= 11 is 1.87. The van der Waals surface area contributed by atoms with Crippen molar-refractivity contribution < 1.29 is 18.0 Å². The van der Waals surface area contributed by atoms with Crippen molar-refractivity contribution in [3.63, 3.8) is 0 Å². The summed E-state index contributed by atoms with van der Waals surface area (Å²) < 4.78 is 38.0. The van der Waals surface area contributed by atoms with E-state index in [4.69, 9.17) is 0 Å². The average molecular weight is 387 g/mol. The predicted octanol–water partition coefficient (Wildman–Crippen LogP) is 4.14. The van der Waals surface area contributed by atoms with Crippen LogP contribution in [0.3, 0.4) is 0 Å². The molecule has 26 heavy (non-hydrogen) atoms. The van der Waals surface area contributed by atoms with Gasteiger partial charge in [0.05, 0.1) is 11.6 Å². The number of nitrogens with zero attached hydrogens (tertiary/aromatic N) is 2. The largest absolute Gasteiger partial charge is 0.416 e. The maximum absolute atomic E-state index is 12.8. The summed E-state index contributed by atoms with van der Waals surface area (Å²) in [6.07, 6.45) is -1.03. The van der Waals surface area contributed by atoms with Gasteiger partial charge in [-0.05, 0) is 62.4 Å². The van der Waals surface area contributed by atoms with E-state index < -0.39 is 11.7 Å². The minimum Gasteiger partial charge on any atom is -0.319 e. The fourth-order valence-electron chi connectivity index (χ4n) is 3.45. The topological polar surface area (TPSA) is 35.6 Å². The van der Waals surface area contributed by atoms with Gasteiger partial charge in [-0.2, -0.15) is 24.9 Å². The van der Waals surface area contributed by atoms with Gasteiger partial charge >= 0.3 is 12.2 Å². The van der Waals surface area contributed by atoms with E-state index >= 15 is 0 Å². The Balaban J connectivity index is 1.65. The predicted molar refractivity (Wildman–Crippen MR) is 98.6 cm³/mol. The first-order valence-corrected chi connectivity index (χ1v) is 10.1. The molecule has 1 aromatic carbocycles. The lowest BCUT2D eigenvalue weighted by Crippen LogP contribution is -2.49. The van der Waals surface area contributed by atoms with E-state index in [1.165, 1.54) is 25.0 Å². The van der Waals surface area contributed by atoms with Crippen LogP contribution < -0.4 is 5.32 Å². The Bertz CT molecular complexity index is 603. The van der Waals surface area contributed by atoms with Gasteiger partial charge in [-0.1, -0.05) is 0 Å². The number of carbonyl (C=O) groups excluding carboxylic acids is 1. The molecule has 2 heterocycles. The van der Waals surface area contributed by atoms with Crippen molar-refractivity contribution in [3.8, 4) is 0 Å². The van der Waals surface area contributed by atoms with Gasteiger partial charge in [0.25, 0.3) is 0 Å². The normalized spacial score (nSPS) is 22.3. The Labute approximate surface area is 156 Å². The van der Waals surface area contributed by atoms with E-state index in [9.17, 15) is 18.0 Å². The quantitative estimate of drug-likeness (QED) is 0.847. The molecule has 1 unspecified atom stereocenters. The van der Waals surface area contributed by atoms with Crippen molar-refractivity contribution in [3.05, 3.63) is 29.8 Å². The highest BCUT2D eigenvalue weighted by Gasteiger charge is 2.31. The number of benzene rings is 1. The molecule has 3 rings (SSSR count). The molecular weight excluding hydrogens is 363 g/mol. The molecule has 2 aliphatic heterocycles. The monoisotopic (exact) mass is 387 g/mol. The second-order valence-electron chi connectivity index (χ2n) is 6.79. The summed E-state index contributed by atoms with van der Waals surface area (Å²) in [6.45, 7) is 3.70. The van der Waals surface area contributed by atoms with Crippen LogP contribution in [0.5, 0.6) is 0 Å². The molecule has 4 nitrogen and oxygen atoms in total. The molecule has 0 saturated carbocycles. The van der Waals surface area contributed by atoms with Crippen LogP contribution in [0, 0.1) is 0 Å². The van der Waals surface area contributed by atoms with Crippen molar-refractivity contribution in [1.82, 2.24) is 9.80 Å². The molecule has 8 heteroatoms. The summed E-state index contributed by atoms with van der Waals surface area (Å²) in [5.41, 5.74) is -0.326. The Morgan fingerprint density at radius 2 is 1.81 bits per heavy atom. The maximum atomic E-state index is 12.8. The zero-order valence-corrected chi connectivity index (χ0v) is 15.4. The third-order valence-corrected chi connectivity index (χ3v) is 6.03. The number of thioether (sulfide) groups is 1. The molecule has 2 saturated heterocycles. The van der Waals surface area contributed by atoms with Gasteiger partial charge < -0.3 is 15.1 Å². The lowest BCUT2D eigenvalue weighted by Gasteiger charge is -2.32. The van der Waals surface area contributed by atoms with E-state index in [0.29, 0.717) is 12.2 Å². The summed E-state index contributed by atoms with van der Waals surface area (Å²) in [6, 6.07) is 4.52. The summed E-state index contributed by atoms with van der Waals surface area (Å²) in [5, 5.41) is 2.76. The highest BCUT2D eigenvalue weighted by atomic mass is 32.2. The zero-order valence-electron chi connectivity index (χ0n) is 14.6. The number of hydrogen-bond donors (Lipinski definition) is 1. The van der Waals surface area contributed by atoms with Gasteiger partial charge in [0.15, 0.2) is 0 Å². The van der Waals surface area contributed by atoms with Crippen LogP contribution in [0.2, 0.25) is 0 Å².